The SMILES string of the molecule is Cc1cc(-c2nc3c(s2)CCCC3=O)ccc1F. The Labute approximate surface area is 108 Å². The van der Waals surface area contributed by atoms with Crippen LogP contribution in [0.4, 0.5) is 4.39 Å². The van der Waals surface area contributed by atoms with Crippen molar-refractivity contribution in [1.82, 2.24) is 4.98 Å². The van der Waals surface area contributed by atoms with Crippen LogP contribution in [0.1, 0.15) is 33.8 Å². The molecule has 3 rings (SSSR count). The van der Waals surface area contributed by atoms with Crippen LogP contribution in [0.25, 0.3) is 10.6 Å². The fourth-order valence-corrected chi connectivity index (χ4v) is 3.29. The second kappa shape index (κ2) is 4.28. The third-order valence-electron chi connectivity index (χ3n) is 3.17. The Morgan fingerprint density at radius 3 is 2.89 bits per heavy atom. The zero-order valence-electron chi connectivity index (χ0n) is 10.00. The number of nitrogens with zero attached hydrogens (tertiary/aromatic N) is 1. The van der Waals surface area contributed by atoms with Gasteiger partial charge in [0.2, 0.25) is 0 Å². The van der Waals surface area contributed by atoms with Gasteiger partial charge in [0, 0.05) is 16.9 Å². The van der Waals surface area contributed by atoms with Crippen molar-refractivity contribution in [3.05, 3.63) is 40.2 Å². The summed E-state index contributed by atoms with van der Waals surface area (Å²) in [5.41, 5.74) is 2.12. The van der Waals surface area contributed by atoms with Crippen LogP contribution in [0.5, 0.6) is 0 Å². The van der Waals surface area contributed by atoms with Crippen molar-refractivity contribution in [2.75, 3.05) is 0 Å². The van der Waals surface area contributed by atoms with Crippen molar-refractivity contribution >= 4 is 17.1 Å². The molecule has 0 atom stereocenters. The molecule has 0 amide bonds. The van der Waals surface area contributed by atoms with E-state index >= 15 is 0 Å². The van der Waals surface area contributed by atoms with Crippen molar-refractivity contribution in [3.63, 3.8) is 0 Å². The summed E-state index contributed by atoms with van der Waals surface area (Å²) in [6.07, 6.45) is 2.44. The van der Waals surface area contributed by atoms with Crippen molar-refractivity contribution in [2.24, 2.45) is 0 Å². The molecule has 92 valence electrons. The smallest absolute Gasteiger partial charge is 0.182 e. The molecule has 0 saturated carbocycles. The Morgan fingerprint density at radius 2 is 2.17 bits per heavy atom. The molecule has 1 aromatic heterocycles. The van der Waals surface area contributed by atoms with Crippen LogP contribution in [0, 0.1) is 12.7 Å². The number of hydrogen-bond acceptors (Lipinski definition) is 3. The van der Waals surface area contributed by atoms with Crippen molar-refractivity contribution in [3.8, 4) is 10.6 Å². The predicted molar refractivity (Wildman–Crippen MR) is 69.5 cm³/mol. The molecular weight excluding hydrogens is 249 g/mol. The summed E-state index contributed by atoms with van der Waals surface area (Å²) in [7, 11) is 0. The van der Waals surface area contributed by atoms with E-state index in [2.05, 4.69) is 4.98 Å². The molecule has 0 aliphatic heterocycles. The van der Waals surface area contributed by atoms with Gasteiger partial charge in [0.05, 0.1) is 0 Å². The molecule has 18 heavy (non-hydrogen) atoms. The molecule has 0 saturated heterocycles. The number of carbonyl (C=O) groups excluding carboxylic acids is 1. The number of ketones is 1. The highest BCUT2D eigenvalue weighted by atomic mass is 32.1. The van der Waals surface area contributed by atoms with Gasteiger partial charge in [0.1, 0.15) is 16.5 Å². The Balaban J connectivity index is 2.07. The molecule has 1 aliphatic carbocycles. The van der Waals surface area contributed by atoms with E-state index < -0.39 is 0 Å². The zero-order valence-corrected chi connectivity index (χ0v) is 10.8. The van der Waals surface area contributed by atoms with E-state index in [1.807, 2.05) is 0 Å². The minimum Gasteiger partial charge on any atom is -0.292 e. The molecule has 2 nitrogen and oxygen atoms in total. The Bertz CT molecular complexity index is 633. The van der Waals surface area contributed by atoms with Gasteiger partial charge in [0.15, 0.2) is 5.78 Å². The summed E-state index contributed by atoms with van der Waals surface area (Å²) in [6, 6.07) is 4.95. The monoisotopic (exact) mass is 261 g/mol. The summed E-state index contributed by atoms with van der Waals surface area (Å²) in [5, 5.41) is 0.818. The number of benzene rings is 1. The van der Waals surface area contributed by atoms with Crippen LogP contribution in [0.2, 0.25) is 0 Å². The molecule has 1 heterocycles. The lowest BCUT2D eigenvalue weighted by molar-refractivity contribution is 0.0968. The molecule has 2 aromatic rings. The highest BCUT2D eigenvalue weighted by molar-refractivity contribution is 7.15. The Hall–Kier alpha value is -1.55. The molecule has 0 bridgehead atoms. The number of aryl methyl sites for hydroxylation is 2. The number of fused-ring (bicyclic) bond motifs is 1. The van der Waals surface area contributed by atoms with Crippen LogP contribution >= 0.6 is 11.3 Å². The lowest BCUT2D eigenvalue weighted by Gasteiger charge is -2.06. The van der Waals surface area contributed by atoms with Crippen LogP contribution in [-0.2, 0) is 6.42 Å². The summed E-state index contributed by atoms with van der Waals surface area (Å²) in [5.74, 6) is -0.0753. The minimum atomic E-state index is -0.212. The summed E-state index contributed by atoms with van der Waals surface area (Å²) >= 11 is 1.55. The zero-order chi connectivity index (χ0) is 12.7. The normalized spacial score (nSPS) is 14.7. The number of rotatable bonds is 1. The van der Waals surface area contributed by atoms with Gasteiger partial charge in [0.25, 0.3) is 0 Å². The average Bonchev–Trinajstić information content (AvgIpc) is 2.78. The van der Waals surface area contributed by atoms with Gasteiger partial charge in [-0.2, -0.15) is 0 Å². The maximum atomic E-state index is 13.2. The predicted octanol–water partition coefficient (Wildman–Crippen LogP) is 3.78. The van der Waals surface area contributed by atoms with Gasteiger partial charge in [-0.05, 0) is 43.5 Å². The van der Waals surface area contributed by atoms with Gasteiger partial charge in [-0.1, -0.05) is 0 Å². The highest BCUT2D eigenvalue weighted by Gasteiger charge is 2.22. The summed E-state index contributed by atoms with van der Waals surface area (Å²) < 4.78 is 13.2. The first-order chi connectivity index (χ1) is 8.65. The fraction of sp³-hybridized carbons (Fsp3) is 0.286. The standard InChI is InChI=1S/C14H12FNOS/c1-8-7-9(5-6-10(8)15)14-16-13-11(17)3-2-4-12(13)18-14/h5-7H,2-4H2,1H3. The molecule has 0 unspecified atom stereocenters. The fourth-order valence-electron chi connectivity index (χ4n) is 2.17. The van der Waals surface area contributed by atoms with Gasteiger partial charge in [-0.25, -0.2) is 9.37 Å². The van der Waals surface area contributed by atoms with E-state index in [1.165, 1.54) is 6.07 Å². The Morgan fingerprint density at radius 1 is 1.33 bits per heavy atom. The third kappa shape index (κ3) is 1.86. The minimum absolute atomic E-state index is 0.137. The number of aromatic nitrogens is 1. The van der Waals surface area contributed by atoms with Crippen molar-refractivity contribution in [2.45, 2.75) is 26.2 Å². The first-order valence-electron chi connectivity index (χ1n) is 5.94. The van der Waals surface area contributed by atoms with E-state index in [-0.39, 0.29) is 11.6 Å². The maximum Gasteiger partial charge on any atom is 0.182 e. The maximum absolute atomic E-state index is 13.2. The third-order valence-corrected chi connectivity index (χ3v) is 4.34. The van der Waals surface area contributed by atoms with Gasteiger partial charge >= 0.3 is 0 Å². The lowest BCUT2D eigenvalue weighted by atomic mass is 10.0. The quantitative estimate of drug-likeness (QED) is 0.782. The van der Waals surface area contributed by atoms with Gasteiger partial charge in [-0.15, -0.1) is 11.3 Å². The first-order valence-corrected chi connectivity index (χ1v) is 6.76. The summed E-state index contributed by atoms with van der Waals surface area (Å²) in [6.45, 7) is 1.73. The van der Waals surface area contributed by atoms with Crippen LogP contribution in [-0.4, -0.2) is 10.8 Å². The first kappa shape index (κ1) is 11.5. The Kier molecular flexibility index (Phi) is 2.74. The van der Waals surface area contributed by atoms with Gasteiger partial charge in [-0.3, -0.25) is 4.79 Å². The number of hydrogen-bond donors (Lipinski definition) is 0. The molecule has 0 spiro atoms. The molecule has 1 aromatic carbocycles. The van der Waals surface area contributed by atoms with E-state index in [0.29, 0.717) is 17.7 Å². The van der Waals surface area contributed by atoms with Crippen molar-refractivity contribution < 1.29 is 9.18 Å². The van der Waals surface area contributed by atoms with E-state index in [0.717, 1.165) is 28.3 Å². The second-order valence-corrected chi connectivity index (χ2v) is 5.62. The number of thiazole rings is 1. The lowest BCUT2D eigenvalue weighted by Crippen LogP contribution is -2.08. The molecule has 4 heteroatoms. The van der Waals surface area contributed by atoms with Gasteiger partial charge < -0.3 is 0 Å². The number of Topliss-reactive ketones (excluding diaryl/α,β-unsaturated/α-hetero) is 1. The van der Waals surface area contributed by atoms with E-state index in [9.17, 15) is 9.18 Å². The van der Waals surface area contributed by atoms with Crippen LogP contribution in [0.15, 0.2) is 18.2 Å². The molecule has 0 fully saturated rings. The highest BCUT2D eigenvalue weighted by Crippen LogP contribution is 2.33. The molecule has 1 aliphatic rings. The molecule has 0 radical (unpaired) electrons. The van der Waals surface area contributed by atoms with Crippen molar-refractivity contribution in [1.29, 1.82) is 0 Å². The number of halogens is 1. The average molecular weight is 261 g/mol. The molecular formula is C14H12FNOS. The van der Waals surface area contributed by atoms with Crippen LogP contribution in [0.3, 0.4) is 0 Å². The van der Waals surface area contributed by atoms with E-state index in [4.69, 9.17) is 0 Å². The summed E-state index contributed by atoms with van der Waals surface area (Å²) in [4.78, 5) is 17.2. The van der Waals surface area contributed by atoms with E-state index in [1.54, 1.807) is 30.4 Å². The number of carbonyl (C=O) groups is 1. The topological polar surface area (TPSA) is 30.0 Å². The second-order valence-electron chi connectivity index (χ2n) is 4.53. The largest absolute Gasteiger partial charge is 0.292 e. The molecule has 0 N–H and O–H groups in total. The van der Waals surface area contributed by atoms with Crippen LogP contribution < -0.4 is 0 Å².